The predicted octanol–water partition coefficient (Wildman–Crippen LogP) is 3.97. The van der Waals surface area contributed by atoms with Crippen molar-refractivity contribution in [1.29, 1.82) is 5.26 Å². The predicted molar refractivity (Wildman–Crippen MR) is 124 cm³/mol. The number of hydrogen-bond donors (Lipinski definition) is 1. The number of amides is 1. The molecule has 1 aromatic heterocycles. The van der Waals surface area contributed by atoms with Gasteiger partial charge in [0.1, 0.15) is 22.7 Å². The number of benzene rings is 1. The number of rotatable bonds is 7. The van der Waals surface area contributed by atoms with Gasteiger partial charge in [-0.05, 0) is 61.9 Å². The van der Waals surface area contributed by atoms with E-state index in [4.69, 9.17) is 23.2 Å². The summed E-state index contributed by atoms with van der Waals surface area (Å²) in [4.78, 5) is 14.9. The van der Waals surface area contributed by atoms with Crippen LogP contribution in [0.25, 0.3) is 0 Å². The average Bonchev–Trinajstić information content (AvgIpc) is 3.21. The normalized spacial score (nSPS) is 16.0. The molecule has 1 aliphatic heterocycles. The minimum absolute atomic E-state index is 0.0109. The van der Waals surface area contributed by atoms with Crippen LogP contribution in [-0.2, 0) is 21.4 Å². The second-order valence-electron chi connectivity index (χ2n) is 8.20. The van der Waals surface area contributed by atoms with Crippen LogP contribution in [0.3, 0.4) is 0 Å². The summed E-state index contributed by atoms with van der Waals surface area (Å²) < 4.78 is 30.6. The average molecular weight is 497 g/mol. The van der Waals surface area contributed by atoms with E-state index in [9.17, 15) is 18.5 Å². The Morgan fingerprint density at radius 1 is 1.28 bits per heavy atom. The van der Waals surface area contributed by atoms with E-state index in [1.165, 1.54) is 12.1 Å². The maximum Gasteiger partial charge on any atom is 0.242 e. The highest BCUT2D eigenvalue weighted by atomic mass is 35.5. The van der Waals surface area contributed by atoms with Gasteiger partial charge in [-0.1, -0.05) is 30.1 Å². The lowest BCUT2D eigenvalue weighted by Gasteiger charge is -2.33. The van der Waals surface area contributed by atoms with Crippen molar-refractivity contribution in [2.45, 2.75) is 50.6 Å². The first kappa shape index (κ1) is 24.6. The largest absolute Gasteiger partial charge is 0.341 e. The fourth-order valence-corrected chi connectivity index (χ4v) is 5.80. The molecule has 1 atom stereocenters. The van der Waals surface area contributed by atoms with Gasteiger partial charge >= 0.3 is 0 Å². The molecule has 32 heavy (non-hydrogen) atoms. The van der Waals surface area contributed by atoms with Crippen molar-refractivity contribution in [2.75, 3.05) is 13.1 Å². The molecule has 7 nitrogen and oxygen atoms in total. The monoisotopic (exact) mass is 496 g/mol. The summed E-state index contributed by atoms with van der Waals surface area (Å²) in [5.74, 6) is 0.260. The first-order chi connectivity index (χ1) is 15.1. The maximum absolute atomic E-state index is 13.3. The second kappa shape index (κ2) is 10.3. The van der Waals surface area contributed by atoms with E-state index in [1.807, 2.05) is 0 Å². The second-order valence-corrected chi connectivity index (χ2v) is 10.7. The first-order valence-corrected chi connectivity index (χ1v) is 12.7. The van der Waals surface area contributed by atoms with Gasteiger partial charge in [0.05, 0.1) is 5.02 Å². The molecular weight excluding hydrogens is 471 g/mol. The zero-order valence-electron chi connectivity index (χ0n) is 18.0. The minimum Gasteiger partial charge on any atom is -0.341 e. The molecule has 1 amide bonds. The Bertz CT molecular complexity index is 1130. The lowest BCUT2D eigenvalue weighted by atomic mass is 9.98. The number of sulfonamides is 1. The third-order valence-corrected chi connectivity index (χ3v) is 8.14. The van der Waals surface area contributed by atoms with Crippen LogP contribution in [0.2, 0.25) is 10.0 Å². The Kier molecular flexibility index (Phi) is 7.88. The first-order valence-electron chi connectivity index (χ1n) is 10.4. The molecule has 0 bridgehead atoms. The van der Waals surface area contributed by atoms with Crippen molar-refractivity contribution in [1.82, 2.24) is 14.2 Å². The van der Waals surface area contributed by atoms with Gasteiger partial charge in [-0.3, -0.25) is 4.79 Å². The Hall–Kier alpha value is -2.05. The summed E-state index contributed by atoms with van der Waals surface area (Å²) in [5.41, 5.74) is 1.01. The summed E-state index contributed by atoms with van der Waals surface area (Å²) in [6.45, 7) is 5.32. The zero-order valence-corrected chi connectivity index (χ0v) is 20.3. The van der Waals surface area contributed by atoms with Crippen molar-refractivity contribution in [2.24, 2.45) is 5.92 Å². The molecule has 0 spiro atoms. The number of aryl methyl sites for hydroxylation is 2. The molecule has 0 radical (unpaired) electrons. The van der Waals surface area contributed by atoms with Crippen LogP contribution in [0.4, 0.5) is 0 Å². The Morgan fingerprint density at radius 2 is 1.97 bits per heavy atom. The summed E-state index contributed by atoms with van der Waals surface area (Å²) in [5, 5.41) is 9.59. The van der Waals surface area contributed by atoms with Crippen LogP contribution in [-0.4, -0.2) is 42.9 Å². The number of carbonyl (C=O) groups excluding carboxylic acids is 1. The van der Waals surface area contributed by atoms with Gasteiger partial charge in [-0.15, -0.1) is 0 Å². The van der Waals surface area contributed by atoms with Gasteiger partial charge in [0.25, 0.3) is 0 Å². The number of aromatic nitrogens is 1. The summed E-state index contributed by atoms with van der Waals surface area (Å²) in [6.07, 6.45) is 3.68. The van der Waals surface area contributed by atoms with Gasteiger partial charge in [-0.25, -0.2) is 8.42 Å². The van der Waals surface area contributed by atoms with E-state index in [0.29, 0.717) is 41.8 Å². The number of hydrogen-bond acceptors (Lipinski definition) is 4. The molecule has 1 saturated heterocycles. The third-order valence-electron chi connectivity index (χ3n) is 5.80. The molecule has 2 heterocycles. The van der Waals surface area contributed by atoms with Crippen LogP contribution < -0.4 is 4.72 Å². The van der Waals surface area contributed by atoms with Crippen molar-refractivity contribution in [3.8, 4) is 6.07 Å². The van der Waals surface area contributed by atoms with Crippen molar-refractivity contribution >= 4 is 39.1 Å². The highest BCUT2D eigenvalue weighted by molar-refractivity contribution is 7.89. The van der Waals surface area contributed by atoms with Crippen LogP contribution in [0.1, 0.15) is 37.4 Å². The van der Waals surface area contributed by atoms with Gasteiger partial charge < -0.3 is 9.47 Å². The molecule has 1 aromatic carbocycles. The molecule has 1 aliphatic rings. The lowest BCUT2D eigenvalue weighted by Crippen LogP contribution is -2.51. The summed E-state index contributed by atoms with van der Waals surface area (Å²) in [6, 6.07) is 7.29. The molecular formula is C22H26Cl2N4O3S. The van der Waals surface area contributed by atoms with Crippen LogP contribution in [0.15, 0.2) is 35.4 Å². The molecule has 1 N–H and O–H groups in total. The minimum atomic E-state index is -4.09. The smallest absolute Gasteiger partial charge is 0.242 e. The number of nitrogens with zero attached hydrogens (tertiary/aromatic N) is 3. The molecule has 1 unspecified atom stereocenters. The fourth-order valence-electron chi connectivity index (χ4n) is 3.75. The Balaban J connectivity index is 1.86. The molecule has 1 fully saturated rings. The van der Waals surface area contributed by atoms with E-state index >= 15 is 0 Å². The molecule has 172 valence electrons. The topological polar surface area (TPSA) is 95.2 Å². The summed E-state index contributed by atoms with van der Waals surface area (Å²) in [7, 11) is -4.09. The number of nitriles is 1. The van der Waals surface area contributed by atoms with Gasteiger partial charge in [0.2, 0.25) is 15.9 Å². The number of carbonyl (C=O) groups is 1. The Morgan fingerprint density at radius 3 is 2.62 bits per heavy atom. The van der Waals surface area contributed by atoms with Crippen molar-refractivity contribution < 1.29 is 13.2 Å². The number of halogens is 2. The summed E-state index contributed by atoms with van der Waals surface area (Å²) >= 11 is 12.2. The SMILES string of the molecule is Cc1cc(S(=O)(=O)NC(CCn2cccc2C#N)C(=O)N2CCC(C)CC2)c(Cl)cc1Cl. The van der Waals surface area contributed by atoms with Crippen LogP contribution >= 0.6 is 23.2 Å². The molecule has 10 heteroatoms. The van der Waals surface area contributed by atoms with Crippen LogP contribution in [0.5, 0.6) is 0 Å². The molecule has 0 saturated carbocycles. The maximum atomic E-state index is 13.3. The highest BCUT2D eigenvalue weighted by Crippen LogP contribution is 2.28. The van der Waals surface area contributed by atoms with Crippen molar-refractivity contribution in [3.63, 3.8) is 0 Å². The molecule has 2 aromatic rings. The molecule has 3 rings (SSSR count). The van der Waals surface area contributed by atoms with E-state index in [2.05, 4.69) is 17.7 Å². The number of piperidine rings is 1. The van der Waals surface area contributed by atoms with E-state index in [0.717, 1.165) is 12.8 Å². The van der Waals surface area contributed by atoms with E-state index in [1.54, 1.807) is 34.7 Å². The third kappa shape index (κ3) is 5.65. The van der Waals surface area contributed by atoms with Gasteiger partial charge in [0.15, 0.2) is 0 Å². The standard InChI is InChI=1S/C22H26Cl2N4O3S/c1-15-5-9-28(10-6-15)22(29)20(7-11-27-8-3-4-17(27)14-25)26-32(30,31)21-12-16(2)18(23)13-19(21)24/h3-4,8,12-13,15,20,26H,5-7,9-11H2,1-2H3. The van der Waals surface area contributed by atoms with Crippen molar-refractivity contribution in [3.05, 3.63) is 51.8 Å². The van der Waals surface area contributed by atoms with Crippen LogP contribution in [0, 0.1) is 24.2 Å². The van der Waals surface area contributed by atoms with Gasteiger partial charge in [0, 0.05) is 30.9 Å². The Labute approximate surface area is 199 Å². The van der Waals surface area contributed by atoms with E-state index < -0.39 is 16.1 Å². The number of likely N-dealkylation sites (tertiary alicyclic amines) is 1. The lowest BCUT2D eigenvalue weighted by molar-refractivity contribution is -0.134. The highest BCUT2D eigenvalue weighted by Gasteiger charge is 2.32. The van der Waals surface area contributed by atoms with E-state index in [-0.39, 0.29) is 22.2 Å². The quantitative estimate of drug-likeness (QED) is 0.626. The fraction of sp³-hybridized carbons (Fsp3) is 0.455. The molecule has 0 aliphatic carbocycles. The van der Waals surface area contributed by atoms with Gasteiger partial charge in [-0.2, -0.15) is 9.98 Å². The zero-order chi connectivity index (χ0) is 23.5. The number of nitrogens with one attached hydrogen (secondary N) is 1.